The van der Waals surface area contributed by atoms with Gasteiger partial charge in [-0.1, -0.05) is 6.07 Å². The minimum absolute atomic E-state index is 0. The number of amides is 2. The molecule has 5 nitrogen and oxygen atoms in total. The zero-order valence-electron chi connectivity index (χ0n) is 13.8. The number of thiophene rings is 1. The molecule has 2 amide bonds. The molecular weight excluding hydrogens is 346 g/mol. The Hall–Kier alpha value is -1.11. The number of hydrogen-bond donors (Lipinski definition) is 2. The quantitative estimate of drug-likeness (QED) is 0.857. The summed E-state index contributed by atoms with van der Waals surface area (Å²) in [7, 11) is 0. The fraction of sp³-hybridized carbons (Fsp3) is 0.647. The van der Waals surface area contributed by atoms with Crippen molar-refractivity contribution in [2.45, 2.75) is 63.1 Å². The third-order valence-electron chi connectivity index (χ3n) is 4.92. The van der Waals surface area contributed by atoms with Crippen molar-refractivity contribution >= 4 is 35.6 Å². The second-order valence-corrected chi connectivity index (χ2v) is 7.56. The molecular formula is C17H26ClN3O2S. The number of rotatable bonds is 3. The second kappa shape index (κ2) is 8.83. The van der Waals surface area contributed by atoms with Gasteiger partial charge in [-0.25, -0.2) is 0 Å². The van der Waals surface area contributed by atoms with Gasteiger partial charge in [0.1, 0.15) is 6.04 Å². The van der Waals surface area contributed by atoms with Crippen LogP contribution in [0, 0.1) is 0 Å². The SMILES string of the molecule is Cl.NC1CCC(NC(=O)C2CCCCN2C(=O)c2cccs2)CC1. The second-order valence-electron chi connectivity index (χ2n) is 6.61. The molecule has 0 spiro atoms. The van der Waals surface area contributed by atoms with E-state index in [2.05, 4.69) is 5.32 Å². The summed E-state index contributed by atoms with van der Waals surface area (Å²) in [6, 6.07) is 3.87. The molecule has 24 heavy (non-hydrogen) atoms. The summed E-state index contributed by atoms with van der Waals surface area (Å²) in [6.07, 6.45) is 6.55. The normalized spacial score (nSPS) is 27.2. The van der Waals surface area contributed by atoms with Crippen LogP contribution in [0.25, 0.3) is 0 Å². The first-order valence-corrected chi connectivity index (χ1v) is 9.43. The van der Waals surface area contributed by atoms with E-state index in [1.807, 2.05) is 17.5 Å². The number of nitrogens with zero attached hydrogens (tertiary/aromatic N) is 1. The molecule has 2 heterocycles. The lowest BCUT2D eigenvalue weighted by Crippen LogP contribution is -2.54. The molecule has 7 heteroatoms. The number of halogens is 1. The maximum absolute atomic E-state index is 12.7. The molecule has 0 radical (unpaired) electrons. The summed E-state index contributed by atoms with van der Waals surface area (Å²) in [4.78, 5) is 27.8. The first-order valence-electron chi connectivity index (χ1n) is 8.55. The van der Waals surface area contributed by atoms with Gasteiger partial charge in [0.2, 0.25) is 5.91 Å². The van der Waals surface area contributed by atoms with E-state index >= 15 is 0 Å². The van der Waals surface area contributed by atoms with Gasteiger partial charge in [-0.15, -0.1) is 23.7 Å². The summed E-state index contributed by atoms with van der Waals surface area (Å²) in [6.45, 7) is 0.671. The van der Waals surface area contributed by atoms with Gasteiger partial charge in [-0.05, 0) is 56.4 Å². The number of carbonyl (C=O) groups is 2. The van der Waals surface area contributed by atoms with Gasteiger partial charge in [-0.2, -0.15) is 0 Å². The van der Waals surface area contributed by atoms with E-state index in [-0.39, 0.29) is 42.3 Å². The number of likely N-dealkylation sites (tertiary alicyclic amines) is 1. The van der Waals surface area contributed by atoms with Crippen molar-refractivity contribution in [3.05, 3.63) is 22.4 Å². The van der Waals surface area contributed by atoms with Gasteiger partial charge in [0, 0.05) is 18.6 Å². The van der Waals surface area contributed by atoms with Crippen LogP contribution in [0.15, 0.2) is 17.5 Å². The number of nitrogens with one attached hydrogen (secondary N) is 1. The zero-order valence-corrected chi connectivity index (χ0v) is 15.4. The van der Waals surface area contributed by atoms with Crippen LogP contribution in [0.1, 0.15) is 54.6 Å². The largest absolute Gasteiger partial charge is 0.352 e. The smallest absolute Gasteiger partial charge is 0.264 e. The van der Waals surface area contributed by atoms with E-state index in [1.54, 1.807) is 4.90 Å². The average molecular weight is 372 g/mol. The minimum atomic E-state index is -0.325. The monoisotopic (exact) mass is 371 g/mol. The third kappa shape index (κ3) is 4.49. The Labute approximate surface area is 153 Å². The summed E-state index contributed by atoms with van der Waals surface area (Å²) in [5, 5.41) is 5.05. The molecule has 1 saturated carbocycles. The van der Waals surface area contributed by atoms with Crippen LogP contribution in [-0.2, 0) is 4.79 Å². The molecule has 1 aliphatic carbocycles. The highest BCUT2D eigenvalue weighted by Crippen LogP contribution is 2.23. The van der Waals surface area contributed by atoms with Crippen molar-refractivity contribution in [3.8, 4) is 0 Å². The van der Waals surface area contributed by atoms with Gasteiger partial charge in [0.05, 0.1) is 4.88 Å². The highest BCUT2D eigenvalue weighted by atomic mass is 35.5. The molecule has 0 aromatic carbocycles. The van der Waals surface area contributed by atoms with Gasteiger partial charge in [-0.3, -0.25) is 9.59 Å². The van der Waals surface area contributed by atoms with Crippen LogP contribution in [0.3, 0.4) is 0 Å². The van der Waals surface area contributed by atoms with Gasteiger partial charge in [0.15, 0.2) is 0 Å². The Balaban J connectivity index is 0.00000208. The average Bonchev–Trinajstić information content (AvgIpc) is 3.11. The van der Waals surface area contributed by atoms with E-state index in [0.29, 0.717) is 11.4 Å². The fourth-order valence-corrected chi connectivity index (χ4v) is 4.23. The Morgan fingerprint density at radius 1 is 1.17 bits per heavy atom. The molecule has 1 atom stereocenters. The van der Waals surface area contributed by atoms with E-state index in [9.17, 15) is 9.59 Å². The highest BCUT2D eigenvalue weighted by molar-refractivity contribution is 7.12. The maximum atomic E-state index is 12.7. The van der Waals surface area contributed by atoms with Crippen LogP contribution < -0.4 is 11.1 Å². The Kier molecular flexibility index (Phi) is 7.07. The van der Waals surface area contributed by atoms with Gasteiger partial charge >= 0.3 is 0 Å². The van der Waals surface area contributed by atoms with E-state index in [1.165, 1.54) is 11.3 Å². The summed E-state index contributed by atoms with van der Waals surface area (Å²) >= 11 is 1.44. The number of carbonyl (C=O) groups excluding carboxylic acids is 2. The molecule has 1 aromatic rings. The summed E-state index contributed by atoms with van der Waals surface area (Å²) in [5.74, 6) is 0.000550. The van der Waals surface area contributed by atoms with Crippen molar-refractivity contribution in [3.63, 3.8) is 0 Å². The Morgan fingerprint density at radius 2 is 1.92 bits per heavy atom. The molecule has 1 aliphatic heterocycles. The lowest BCUT2D eigenvalue weighted by atomic mass is 9.91. The zero-order chi connectivity index (χ0) is 16.2. The minimum Gasteiger partial charge on any atom is -0.352 e. The lowest BCUT2D eigenvalue weighted by molar-refractivity contribution is -0.127. The predicted molar refractivity (Wildman–Crippen MR) is 98.6 cm³/mol. The van der Waals surface area contributed by atoms with Crippen LogP contribution in [0.2, 0.25) is 0 Å². The Bertz CT molecular complexity index is 544. The molecule has 1 saturated heterocycles. The Morgan fingerprint density at radius 3 is 2.58 bits per heavy atom. The molecule has 1 aromatic heterocycles. The lowest BCUT2D eigenvalue weighted by Gasteiger charge is -2.36. The molecule has 134 valence electrons. The maximum Gasteiger partial charge on any atom is 0.264 e. The van der Waals surface area contributed by atoms with Crippen LogP contribution in [-0.4, -0.2) is 41.4 Å². The van der Waals surface area contributed by atoms with Gasteiger partial charge < -0.3 is 16.0 Å². The third-order valence-corrected chi connectivity index (χ3v) is 5.77. The van der Waals surface area contributed by atoms with Crippen LogP contribution in [0.5, 0.6) is 0 Å². The summed E-state index contributed by atoms with van der Waals surface area (Å²) < 4.78 is 0. The van der Waals surface area contributed by atoms with E-state index < -0.39 is 0 Å². The van der Waals surface area contributed by atoms with Crippen LogP contribution >= 0.6 is 23.7 Å². The number of nitrogens with two attached hydrogens (primary N) is 1. The molecule has 0 bridgehead atoms. The topological polar surface area (TPSA) is 75.4 Å². The van der Waals surface area contributed by atoms with Crippen molar-refractivity contribution < 1.29 is 9.59 Å². The fourth-order valence-electron chi connectivity index (χ4n) is 3.55. The summed E-state index contributed by atoms with van der Waals surface area (Å²) in [5.41, 5.74) is 5.92. The van der Waals surface area contributed by atoms with Gasteiger partial charge in [0.25, 0.3) is 5.91 Å². The highest BCUT2D eigenvalue weighted by Gasteiger charge is 2.34. The molecule has 3 rings (SSSR count). The molecule has 2 fully saturated rings. The first-order chi connectivity index (χ1) is 11.1. The van der Waals surface area contributed by atoms with Crippen LogP contribution in [0.4, 0.5) is 0 Å². The van der Waals surface area contributed by atoms with E-state index in [0.717, 1.165) is 44.9 Å². The van der Waals surface area contributed by atoms with E-state index in [4.69, 9.17) is 5.73 Å². The van der Waals surface area contributed by atoms with Crippen molar-refractivity contribution in [2.24, 2.45) is 5.73 Å². The first kappa shape index (κ1) is 19.2. The predicted octanol–water partition coefficient (Wildman–Crippen LogP) is 2.55. The molecule has 3 N–H and O–H groups in total. The molecule has 1 unspecified atom stereocenters. The van der Waals surface area contributed by atoms with Crippen molar-refractivity contribution in [1.82, 2.24) is 10.2 Å². The standard InChI is InChI=1S/C17H25N3O2S.ClH/c18-12-6-8-13(9-7-12)19-16(21)14-4-1-2-10-20(14)17(22)15-5-3-11-23-15;/h3,5,11-14H,1-2,4,6-10,18H2,(H,19,21);1H. The number of hydrogen-bond acceptors (Lipinski definition) is 4. The van der Waals surface area contributed by atoms with Crippen molar-refractivity contribution in [1.29, 1.82) is 0 Å². The van der Waals surface area contributed by atoms with Crippen molar-refractivity contribution in [2.75, 3.05) is 6.54 Å². The number of piperidine rings is 1. The molecule has 2 aliphatic rings.